The first-order chi connectivity index (χ1) is 9.46. The smallest absolute Gasteiger partial charge is 0.345 e. The standard InChI is InChI=1S/C14H23NO5/c1-6-18-11(10-15(4)5)9-12(13(16)19-7-2)14(17)20-8-3/h9-10H,6-8H2,1-5H3/p+1/b11-10-. The molecular weight excluding hydrogens is 262 g/mol. The summed E-state index contributed by atoms with van der Waals surface area (Å²) in [5.41, 5.74) is -0.172. The zero-order chi connectivity index (χ0) is 15.5. The first kappa shape index (κ1) is 18.2. The molecule has 0 aliphatic heterocycles. The fourth-order valence-corrected chi connectivity index (χ4v) is 1.34. The van der Waals surface area contributed by atoms with Gasteiger partial charge in [0.15, 0.2) is 5.76 Å². The molecule has 0 rings (SSSR count). The molecule has 0 bridgehead atoms. The predicted molar refractivity (Wildman–Crippen MR) is 73.9 cm³/mol. The Morgan fingerprint density at radius 2 is 1.35 bits per heavy atom. The van der Waals surface area contributed by atoms with Crippen LogP contribution < -0.4 is 4.90 Å². The fourth-order valence-electron chi connectivity index (χ4n) is 1.34. The summed E-state index contributed by atoms with van der Waals surface area (Å²) < 4.78 is 15.1. The van der Waals surface area contributed by atoms with Crippen LogP contribution in [-0.2, 0) is 23.8 Å². The number of carbonyl (C=O) groups excluding carboxylic acids is 2. The van der Waals surface area contributed by atoms with Gasteiger partial charge in [-0.25, -0.2) is 9.59 Å². The minimum Gasteiger partial charge on any atom is -0.488 e. The van der Waals surface area contributed by atoms with Crippen LogP contribution in [0.15, 0.2) is 23.6 Å². The lowest BCUT2D eigenvalue weighted by molar-refractivity contribution is -0.802. The second-order valence-corrected chi connectivity index (χ2v) is 4.06. The number of rotatable bonds is 8. The van der Waals surface area contributed by atoms with E-state index in [9.17, 15) is 9.59 Å². The summed E-state index contributed by atoms with van der Waals surface area (Å²) in [6.07, 6.45) is 3.09. The van der Waals surface area contributed by atoms with E-state index in [1.807, 2.05) is 21.0 Å². The molecule has 0 heterocycles. The molecule has 0 saturated carbocycles. The van der Waals surface area contributed by atoms with E-state index in [1.54, 1.807) is 20.0 Å². The van der Waals surface area contributed by atoms with Gasteiger partial charge in [0.25, 0.3) is 0 Å². The maximum Gasteiger partial charge on any atom is 0.345 e. The minimum atomic E-state index is -0.717. The molecule has 0 spiro atoms. The van der Waals surface area contributed by atoms with Gasteiger partial charge in [0.2, 0.25) is 0 Å². The van der Waals surface area contributed by atoms with Crippen LogP contribution in [0.25, 0.3) is 0 Å². The summed E-state index contributed by atoms with van der Waals surface area (Å²) in [4.78, 5) is 24.6. The van der Waals surface area contributed by atoms with Crippen LogP contribution in [0.4, 0.5) is 0 Å². The van der Waals surface area contributed by atoms with Crippen molar-refractivity contribution in [2.45, 2.75) is 20.8 Å². The number of carbonyl (C=O) groups is 2. The molecule has 0 aliphatic rings. The number of quaternary nitrogens is 1. The van der Waals surface area contributed by atoms with E-state index in [0.29, 0.717) is 12.4 Å². The molecule has 0 fully saturated rings. The summed E-state index contributed by atoms with van der Waals surface area (Å²) in [5, 5.41) is 0. The van der Waals surface area contributed by atoms with Gasteiger partial charge in [0.1, 0.15) is 11.8 Å². The van der Waals surface area contributed by atoms with Crippen LogP contribution in [0.5, 0.6) is 0 Å². The highest BCUT2D eigenvalue weighted by Gasteiger charge is 2.22. The third-order valence-corrected chi connectivity index (χ3v) is 2.02. The Morgan fingerprint density at radius 3 is 1.70 bits per heavy atom. The molecule has 20 heavy (non-hydrogen) atoms. The van der Waals surface area contributed by atoms with E-state index in [2.05, 4.69) is 0 Å². The van der Waals surface area contributed by atoms with E-state index in [0.717, 1.165) is 4.90 Å². The van der Waals surface area contributed by atoms with Crippen LogP contribution in [0.3, 0.4) is 0 Å². The molecule has 1 N–H and O–H groups in total. The molecule has 0 atom stereocenters. The Kier molecular flexibility index (Phi) is 9.11. The first-order valence-electron chi connectivity index (χ1n) is 6.66. The molecule has 6 heteroatoms. The van der Waals surface area contributed by atoms with E-state index in [4.69, 9.17) is 14.2 Å². The van der Waals surface area contributed by atoms with Gasteiger partial charge in [-0.2, -0.15) is 0 Å². The summed E-state index contributed by atoms with van der Waals surface area (Å²) in [6, 6.07) is 0. The van der Waals surface area contributed by atoms with Crippen molar-refractivity contribution in [2.75, 3.05) is 33.9 Å². The Morgan fingerprint density at radius 1 is 0.900 bits per heavy atom. The van der Waals surface area contributed by atoms with Gasteiger partial charge in [0, 0.05) is 6.08 Å². The molecule has 0 unspecified atom stereocenters. The summed E-state index contributed by atoms with van der Waals surface area (Å²) in [6.45, 7) is 5.95. The fraction of sp³-hybridized carbons (Fsp3) is 0.571. The molecule has 0 aliphatic carbocycles. The Balaban J connectivity index is 5.39. The highest BCUT2D eigenvalue weighted by Crippen LogP contribution is 2.08. The van der Waals surface area contributed by atoms with Crippen LogP contribution in [0.1, 0.15) is 20.8 Å². The van der Waals surface area contributed by atoms with Crippen LogP contribution in [0, 0.1) is 0 Å². The van der Waals surface area contributed by atoms with Crippen molar-refractivity contribution in [2.24, 2.45) is 0 Å². The van der Waals surface area contributed by atoms with Gasteiger partial charge in [-0.1, -0.05) is 0 Å². The van der Waals surface area contributed by atoms with Crippen molar-refractivity contribution in [1.82, 2.24) is 0 Å². The normalized spacial score (nSPS) is 11.0. The summed E-state index contributed by atoms with van der Waals surface area (Å²) in [7, 11) is 3.78. The average molecular weight is 286 g/mol. The Labute approximate surface area is 120 Å². The maximum absolute atomic E-state index is 11.8. The van der Waals surface area contributed by atoms with E-state index in [-0.39, 0.29) is 18.8 Å². The highest BCUT2D eigenvalue weighted by atomic mass is 16.6. The monoisotopic (exact) mass is 286 g/mol. The Bertz CT molecular complexity index is 365. The van der Waals surface area contributed by atoms with E-state index < -0.39 is 11.9 Å². The topological polar surface area (TPSA) is 66.3 Å². The molecule has 0 aromatic carbocycles. The lowest BCUT2D eigenvalue weighted by Crippen LogP contribution is -3.00. The number of hydrogen-bond acceptors (Lipinski definition) is 5. The molecule has 0 aromatic rings. The van der Waals surface area contributed by atoms with Gasteiger partial charge in [-0.3, -0.25) is 0 Å². The first-order valence-corrected chi connectivity index (χ1v) is 6.66. The van der Waals surface area contributed by atoms with Crippen LogP contribution in [-0.4, -0.2) is 45.9 Å². The number of esters is 2. The van der Waals surface area contributed by atoms with Gasteiger partial charge >= 0.3 is 11.9 Å². The second kappa shape index (κ2) is 10.0. The zero-order valence-electron chi connectivity index (χ0n) is 12.8. The quantitative estimate of drug-likeness (QED) is 0.171. The van der Waals surface area contributed by atoms with Crippen molar-refractivity contribution in [3.8, 4) is 0 Å². The van der Waals surface area contributed by atoms with E-state index in [1.165, 1.54) is 6.08 Å². The van der Waals surface area contributed by atoms with Gasteiger partial charge in [-0.15, -0.1) is 0 Å². The molecule has 114 valence electrons. The second-order valence-electron chi connectivity index (χ2n) is 4.06. The lowest BCUT2D eigenvalue weighted by atomic mass is 10.2. The van der Waals surface area contributed by atoms with Gasteiger partial charge in [-0.05, 0) is 20.8 Å². The molecular formula is C14H24NO5+. The third-order valence-electron chi connectivity index (χ3n) is 2.02. The molecule has 6 nitrogen and oxygen atoms in total. The van der Waals surface area contributed by atoms with Gasteiger partial charge in [0.05, 0.1) is 33.9 Å². The predicted octanol–water partition coefficient (Wildman–Crippen LogP) is 0.0614. The summed E-state index contributed by atoms with van der Waals surface area (Å²) >= 11 is 0. The average Bonchev–Trinajstić information content (AvgIpc) is 2.35. The molecule has 0 aromatic heterocycles. The summed E-state index contributed by atoms with van der Waals surface area (Å²) in [5.74, 6) is -1.01. The SMILES string of the molecule is CCOC(=O)C(=C/C(=C/[NH+](C)C)OCC)C(=O)OCC. The zero-order valence-corrected chi connectivity index (χ0v) is 12.8. The molecule has 0 radical (unpaired) electrons. The van der Waals surface area contributed by atoms with Gasteiger partial charge < -0.3 is 19.1 Å². The molecule has 0 amide bonds. The van der Waals surface area contributed by atoms with Crippen molar-refractivity contribution in [3.63, 3.8) is 0 Å². The van der Waals surface area contributed by atoms with Crippen LogP contribution in [0.2, 0.25) is 0 Å². The van der Waals surface area contributed by atoms with E-state index >= 15 is 0 Å². The lowest BCUT2D eigenvalue weighted by Gasteiger charge is -2.09. The minimum absolute atomic E-state index is 0.172. The largest absolute Gasteiger partial charge is 0.488 e. The maximum atomic E-state index is 11.8. The Hall–Kier alpha value is -1.82. The number of ether oxygens (including phenoxy) is 3. The highest BCUT2D eigenvalue weighted by molar-refractivity contribution is 6.14. The number of hydrogen-bond donors (Lipinski definition) is 1. The van der Waals surface area contributed by atoms with Crippen molar-refractivity contribution in [3.05, 3.63) is 23.6 Å². The van der Waals surface area contributed by atoms with Crippen LogP contribution >= 0.6 is 0 Å². The van der Waals surface area contributed by atoms with Crippen molar-refractivity contribution >= 4 is 11.9 Å². The molecule has 0 saturated heterocycles. The number of nitrogens with one attached hydrogen (secondary N) is 1. The van der Waals surface area contributed by atoms with Crippen molar-refractivity contribution < 1.29 is 28.7 Å². The number of allylic oxidation sites excluding steroid dienone is 1. The third kappa shape index (κ3) is 6.94. The van der Waals surface area contributed by atoms with Crippen molar-refractivity contribution in [1.29, 1.82) is 0 Å².